The van der Waals surface area contributed by atoms with Crippen LogP contribution >= 0.6 is 0 Å². The van der Waals surface area contributed by atoms with E-state index < -0.39 is 5.97 Å². The van der Waals surface area contributed by atoms with Crippen LogP contribution in [0, 0.1) is 28.1 Å². The predicted octanol–water partition coefficient (Wildman–Crippen LogP) is 3.88. The Morgan fingerprint density at radius 3 is 2.32 bits per heavy atom. The molecule has 25 heavy (non-hydrogen) atoms. The number of methoxy groups -OCH3 is 1. The minimum atomic E-state index is -0.406. The summed E-state index contributed by atoms with van der Waals surface area (Å²) in [6, 6.07) is 0. The minimum Gasteiger partial charge on any atom is -0.466 e. The van der Waals surface area contributed by atoms with Crippen molar-refractivity contribution in [1.29, 1.82) is 0 Å². The Balaban J connectivity index is 2.10. The lowest BCUT2D eigenvalue weighted by molar-refractivity contribution is -0.154. The van der Waals surface area contributed by atoms with Gasteiger partial charge in [-0.25, -0.2) is 4.79 Å². The van der Waals surface area contributed by atoms with Gasteiger partial charge in [0.1, 0.15) is 5.78 Å². The summed E-state index contributed by atoms with van der Waals surface area (Å²) in [5, 5.41) is 0. The zero-order valence-corrected chi connectivity index (χ0v) is 16.3. The quantitative estimate of drug-likeness (QED) is 0.534. The van der Waals surface area contributed by atoms with Gasteiger partial charge in [0.25, 0.3) is 0 Å². The Morgan fingerprint density at radius 2 is 1.72 bits per heavy atom. The Kier molecular flexibility index (Phi) is 4.05. The van der Waals surface area contributed by atoms with Crippen molar-refractivity contribution in [3.63, 3.8) is 0 Å². The van der Waals surface area contributed by atoms with Gasteiger partial charge in [0.15, 0.2) is 5.78 Å². The summed E-state index contributed by atoms with van der Waals surface area (Å²) in [6.07, 6.45) is 3.70. The molecule has 0 spiro atoms. The van der Waals surface area contributed by atoms with Gasteiger partial charge < -0.3 is 4.74 Å². The minimum absolute atomic E-state index is 0.0434. The molecule has 0 heterocycles. The van der Waals surface area contributed by atoms with Crippen LogP contribution in [0.15, 0.2) is 11.1 Å². The largest absolute Gasteiger partial charge is 0.466 e. The second kappa shape index (κ2) is 5.52. The third-order valence-electron chi connectivity index (χ3n) is 7.90. The van der Waals surface area contributed by atoms with Crippen molar-refractivity contribution in [1.82, 2.24) is 0 Å². The molecule has 0 aliphatic heterocycles. The van der Waals surface area contributed by atoms with Gasteiger partial charge in [-0.15, -0.1) is 0 Å². The number of esters is 1. The van der Waals surface area contributed by atoms with E-state index in [1.807, 2.05) is 0 Å². The van der Waals surface area contributed by atoms with Crippen molar-refractivity contribution in [3.8, 4) is 0 Å². The van der Waals surface area contributed by atoms with Crippen LogP contribution in [0.4, 0.5) is 0 Å². The monoisotopic (exact) mass is 346 g/mol. The van der Waals surface area contributed by atoms with Gasteiger partial charge in [0.05, 0.1) is 7.11 Å². The number of fused-ring (bicyclic) bond motifs is 3. The van der Waals surface area contributed by atoms with E-state index in [1.165, 1.54) is 7.11 Å². The fraction of sp³-hybridized carbons (Fsp3) is 0.762. The first kappa shape index (κ1) is 18.3. The standard InChI is InChI=1S/C21H30O4/c1-12(18(24)25-6)17-13(22)11-15-20(4)10-8-16(23)19(2,3)14(20)7-9-21(15,17)5/h14-15H,7-11H2,1-6H3. The van der Waals surface area contributed by atoms with Crippen molar-refractivity contribution in [2.24, 2.45) is 28.1 Å². The van der Waals surface area contributed by atoms with Crippen LogP contribution in [0.5, 0.6) is 0 Å². The molecule has 3 saturated carbocycles. The summed E-state index contributed by atoms with van der Waals surface area (Å²) in [4.78, 5) is 37.5. The summed E-state index contributed by atoms with van der Waals surface area (Å²) < 4.78 is 4.88. The number of ether oxygens (including phenoxy) is 1. The number of ketones is 2. The molecule has 0 aromatic carbocycles. The lowest BCUT2D eigenvalue weighted by atomic mass is 9.43. The van der Waals surface area contributed by atoms with E-state index in [0.717, 1.165) is 19.3 Å². The summed E-state index contributed by atoms with van der Waals surface area (Å²) in [7, 11) is 1.36. The molecule has 0 aromatic heterocycles. The Bertz CT molecular complexity index is 686. The van der Waals surface area contributed by atoms with E-state index >= 15 is 0 Å². The smallest absolute Gasteiger partial charge is 0.333 e. The van der Waals surface area contributed by atoms with Crippen LogP contribution in [0.2, 0.25) is 0 Å². The first-order chi connectivity index (χ1) is 11.5. The normalized spacial score (nSPS) is 41.8. The average molecular weight is 346 g/mol. The van der Waals surface area contributed by atoms with E-state index in [2.05, 4.69) is 27.7 Å². The molecule has 0 saturated heterocycles. The van der Waals surface area contributed by atoms with Gasteiger partial charge in [-0.3, -0.25) is 9.59 Å². The number of hydrogen-bond donors (Lipinski definition) is 0. The number of Topliss-reactive ketones (excluding diaryl/α,β-unsaturated/α-hetero) is 2. The molecule has 0 amide bonds. The van der Waals surface area contributed by atoms with Crippen LogP contribution in [0.3, 0.4) is 0 Å². The molecule has 4 unspecified atom stereocenters. The molecule has 3 aliphatic carbocycles. The molecule has 4 nitrogen and oxygen atoms in total. The van der Waals surface area contributed by atoms with Crippen molar-refractivity contribution < 1.29 is 19.1 Å². The number of hydrogen-bond acceptors (Lipinski definition) is 4. The third kappa shape index (κ3) is 2.29. The first-order valence-corrected chi connectivity index (χ1v) is 9.36. The van der Waals surface area contributed by atoms with Crippen LogP contribution in [0.25, 0.3) is 0 Å². The molecule has 0 radical (unpaired) electrons. The van der Waals surface area contributed by atoms with Crippen LogP contribution in [-0.4, -0.2) is 24.6 Å². The van der Waals surface area contributed by atoms with Crippen molar-refractivity contribution in [2.75, 3.05) is 7.11 Å². The van der Waals surface area contributed by atoms with Crippen LogP contribution < -0.4 is 0 Å². The fourth-order valence-corrected chi connectivity index (χ4v) is 6.61. The summed E-state index contributed by atoms with van der Waals surface area (Å²) in [5.41, 5.74) is 0.473. The topological polar surface area (TPSA) is 60.4 Å². The summed E-state index contributed by atoms with van der Waals surface area (Å²) >= 11 is 0. The van der Waals surface area contributed by atoms with Crippen LogP contribution in [-0.2, 0) is 19.1 Å². The highest BCUT2D eigenvalue weighted by Gasteiger charge is 2.64. The number of rotatable bonds is 1. The van der Waals surface area contributed by atoms with Gasteiger partial charge in [-0.2, -0.15) is 0 Å². The first-order valence-electron chi connectivity index (χ1n) is 9.36. The highest BCUT2D eigenvalue weighted by Crippen LogP contribution is 2.68. The number of carbonyl (C=O) groups is 3. The lowest BCUT2D eigenvalue weighted by Crippen LogP contribution is -2.56. The summed E-state index contributed by atoms with van der Waals surface area (Å²) in [6.45, 7) is 10.3. The Hall–Kier alpha value is -1.45. The molecule has 4 heteroatoms. The maximum Gasteiger partial charge on any atom is 0.333 e. The summed E-state index contributed by atoms with van der Waals surface area (Å²) in [5.74, 6) is 0.520. The molecule has 0 aromatic rings. The highest BCUT2D eigenvalue weighted by molar-refractivity contribution is 6.06. The van der Waals surface area contributed by atoms with E-state index in [0.29, 0.717) is 35.7 Å². The molecule has 0 bridgehead atoms. The number of carbonyl (C=O) groups excluding carboxylic acids is 3. The van der Waals surface area contributed by atoms with Gasteiger partial charge >= 0.3 is 5.97 Å². The van der Waals surface area contributed by atoms with Crippen molar-refractivity contribution in [3.05, 3.63) is 11.1 Å². The molecular formula is C21H30O4. The van der Waals surface area contributed by atoms with Gasteiger partial charge in [0, 0.05) is 34.8 Å². The molecule has 3 rings (SSSR count). The molecule has 0 N–H and O–H groups in total. The van der Waals surface area contributed by atoms with E-state index in [9.17, 15) is 14.4 Å². The number of allylic oxidation sites excluding steroid dienone is 1. The molecule has 138 valence electrons. The maximum atomic E-state index is 12.9. The van der Waals surface area contributed by atoms with E-state index in [1.54, 1.807) is 6.92 Å². The van der Waals surface area contributed by atoms with Gasteiger partial charge in [-0.05, 0) is 43.4 Å². The molecular weight excluding hydrogens is 316 g/mol. The lowest BCUT2D eigenvalue weighted by Gasteiger charge is -2.60. The van der Waals surface area contributed by atoms with Gasteiger partial charge in [0.2, 0.25) is 0 Å². The molecule has 3 aliphatic rings. The zero-order valence-electron chi connectivity index (χ0n) is 16.3. The maximum absolute atomic E-state index is 12.9. The third-order valence-corrected chi connectivity index (χ3v) is 7.90. The second-order valence-electron chi connectivity index (χ2n) is 9.33. The molecule has 4 atom stereocenters. The van der Waals surface area contributed by atoms with Crippen molar-refractivity contribution >= 4 is 17.5 Å². The van der Waals surface area contributed by atoms with Crippen LogP contribution in [0.1, 0.15) is 66.7 Å². The second-order valence-corrected chi connectivity index (χ2v) is 9.33. The SMILES string of the molecule is COC(=O)C(C)=C1C(=O)CC2C1(C)CCC1C(C)(C)C(=O)CCC12C. The Morgan fingerprint density at radius 1 is 1.08 bits per heavy atom. The van der Waals surface area contributed by atoms with Crippen molar-refractivity contribution in [2.45, 2.75) is 66.7 Å². The highest BCUT2D eigenvalue weighted by atomic mass is 16.5. The average Bonchev–Trinajstić information content (AvgIpc) is 2.82. The Labute approximate surface area is 150 Å². The predicted molar refractivity (Wildman–Crippen MR) is 94.8 cm³/mol. The van der Waals surface area contributed by atoms with E-state index in [4.69, 9.17) is 4.74 Å². The van der Waals surface area contributed by atoms with E-state index in [-0.39, 0.29) is 27.9 Å². The fourth-order valence-electron chi connectivity index (χ4n) is 6.61. The zero-order chi connectivity index (χ0) is 18.8. The molecule has 3 fully saturated rings. The van der Waals surface area contributed by atoms with Gasteiger partial charge in [-0.1, -0.05) is 27.7 Å².